The predicted octanol–water partition coefficient (Wildman–Crippen LogP) is 5.04. The summed E-state index contributed by atoms with van der Waals surface area (Å²) in [5, 5.41) is 11.3. The second-order valence-corrected chi connectivity index (χ2v) is 10.1. The number of nitrogens with zero attached hydrogens (tertiary/aromatic N) is 5. The van der Waals surface area contributed by atoms with E-state index in [1.165, 1.54) is 15.9 Å². The molecule has 4 aromatic heterocycles. The highest BCUT2D eigenvalue weighted by molar-refractivity contribution is 9.10. The number of para-hydroxylation sites is 1. The normalized spacial score (nSPS) is 12.1. The zero-order chi connectivity index (χ0) is 22.4. The largest absolute Gasteiger partial charge is 0.291 e. The van der Waals surface area contributed by atoms with Crippen LogP contribution in [-0.4, -0.2) is 24.4 Å². The SMILES string of the molecule is O=c1/c(=C\c2cn(-c3ccccc3)nc2-c2cccs2)sc2nc(-c3ccc(Br)cc3)nn12. The number of thiophene rings is 1. The van der Waals surface area contributed by atoms with Gasteiger partial charge in [-0.05, 0) is 41.8 Å². The third-order valence-corrected chi connectivity index (χ3v) is 7.45. The summed E-state index contributed by atoms with van der Waals surface area (Å²) in [6.45, 7) is 0. The van der Waals surface area contributed by atoms with E-state index in [9.17, 15) is 4.79 Å². The molecule has 0 radical (unpaired) electrons. The van der Waals surface area contributed by atoms with Gasteiger partial charge >= 0.3 is 0 Å². The van der Waals surface area contributed by atoms with Gasteiger partial charge in [0, 0.05) is 21.8 Å². The first-order chi connectivity index (χ1) is 16.2. The monoisotopic (exact) mass is 531 g/mol. The minimum Gasteiger partial charge on any atom is -0.266 e. The Morgan fingerprint density at radius 3 is 2.48 bits per heavy atom. The molecule has 0 aliphatic carbocycles. The maximum absolute atomic E-state index is 13.1. The molecule has 160 valence electrons. The Morgan fingerprint density at radius 2 is 1.76 bits per heavy atom. The standard InChI is InChI=1S/C24H14BrN5OS2/c25-17-10-8-15(9-11-17)22-26-24-30(28-22)23(31)20(33-24)13-16-14-29(18-5-2-1-3-6-18)27-21(16)19-7-4-12-32-19/h1-14H/b20-13+. The summed E-state index contributed by atoms with van der Waals surface area (Å²) in [6.07, 6.45) is 3.83. The summed E-state index contributed by atoms with van der Waals surface area (Å²) in [7, 11) is 0. The van der Waals surface area contributed by atoms with E-state index in [0.29, 0.717) is 15.3 Å². The number of aromatic nitrogens is 5. The molecule has 0 bridgehead atoms. The molecule has 2 aromatic carbocycles. The molecule has 6 rings (SSSR count). The van der Waals surface area contributed by atoms with Gasteiger partial charge in [0.25, 0.3) is 5.56 Å². The van der Waals surface area contributed by atoms with Crippen LogP contribution in [0.25, 0.3) is 38.7 Å². The molecule has 0 unspecified atom stereocenters. The van der Waals surface area contributed by atoms with E-state index in [1.807, 2.05) is 89.1 Å². The van der Waals surface area contributed by atoms with Gasteiger partial charge in [-0.2, -0.15) is 14.6 Å². The molecule has 0 aliphatic rings. The first-order valence-electron chi connectivity index (χ1n) is 10.0. The molecule has 33 heavy (non-hydrogen) atoms. The Labute approximate surface area is 204 Å². The van der Waals surface area contributed by atoms with Crippen molar-refractivity contribution in [1.29, 1.82) is 0 Å². The molecule has 0 fully saturated rings. The number of thiazole rings is 1. The van der Waals surface area contributed by atoms with Gasteiger partial charge in [-0.1, -0.05) is 63.7 Å². The van der Waals surface area contributed by atoms with Gasteiger partial charge in [0.05, 0.1) is 15.1 Å². The average Bonchev–Trinajstić information content (AvgIpc) is 3.62. The Kier molecular flexibility index (Phi) is 5.01. The van der Waals surface area contributed by atoms with Crippen LogP contribution in [0.5, 0.6) is 0 Å². The first kappa shape index (κ1) is 20.2. The van der Waals surface area contributed by atoms with Gasteiger partial charge in [-0.3, -0.25) is 4.79 Å². The number of halogens is 1. The van der Waals surface area contributed by atoms with Gasteiger partial charge in [-0.25, -0.2) is 4.68 Å². The molecular weight excluding hydrogens is 518 g/mol. The first-order valence-corrected chi connectivity index (χ1v) is 12.5. The van der Waals surface area contributed by atoms with Crippen LogP contribution in [0.15, 0.2) is 87.6 Å². The van der Waals surface area contributed by atoms with E-state index in [-0.39, 0.29) is 5.56 Å². The smallest absolute Gasteiger partial charge is 0.266 e. The highest BCUT2D eigenvalue weighted by atomic mass is 79.9. The molecule has 0 saturated heterocycles. The molecule has 6 nitrogen and oxygen atoms in total. The fraction of sp³-hybridized carbons (Fsp3) is 0. The number of hydrogen-bond acceptors (Lipinski definition) is 6. The molecule has 0 amide bonds. The molecule has 9 heteroatoms. The van der Waals surface area contributed by atoms with Crippen LogP contribution in [0.3, 0.4) is 0 Å². The molecule has 6 aromatic rings. The van der Waals surface area contributed by atoms with E-state index in [4.69, 9.17) is 5.10 Å². The van der Waals surface area contributed by atoms with E-state index in [2.05, 4.69) is 26.0 Å². The number of rotatable bonds is 4. The van der Waals surface area contributed by atoms with Crippen LogP contribution < -0.4 is 10.1 Å². The lowest BCUT2D eigenvalue weighted by Crippen LogP contribution is -2.23. The van der Waals surface area contributed by atoms with Crippen molar-refractivity contribution in [1.82, 2.24) is 24.4 Å². The highest BCUT2D eigenvalue weighted by Crippen LogP contribution is 2.28. The van der Waals surface area contributed by atoms with Crippen molar-refractivity contribution in [2.75, 3.05) is 0 Å². The molecular formula is C24H14BrN5OS2. The molecule has 0 aliphatic heterocycles. The van der Waals surface area contributed by atoms with Crippen molar-refractivity contribution in [2.24, 2.45) is 0 Å². The Balaban J connectivity index is 1.47. The van der Waals surface area contributed by atoms with Crippen LogP contribution in [0.1, 0.15) is 5.56 Å². The maximum Gasteiger partial charge on any atom is 0.291 e. The van der Waals surface area contributed by atoms with Crippen molar-refractivity contribution in [3.05, 3.63) is 103 Å². The topological polar surface area (TPSA) is 65.1 Å². The van der Waals surface area contributed by atoms with Gasteiger partial charge in [0.2, 0.25) is 4.96 Å². The van der Waals surface area contributed by atoms with Crippen LogP contribution in [0.4, 0.5) is 0 Å². The lowest BCUT2D eigenvalue weighted by molar-refractivity contribution is 0.885. The Bertz CT molecular complexity index is 1680. The summed E-state index contributed by atoms with van der Waals surface area (Å²) in [5.74, 6) is 0.536. The minimum absolute atomic E-state index is 0.185. The van der Waals surface area contributed by atoms with Gasteiger partial charge < -0.3 is 0 Å². The van der Waals surface area contributed by atoms with E-state index < -0.39 is 0 Å². The van der Waals surface area contributed by atoms with Crippen molar-refractivity contribution < 1.29 is 0 Å². The number of benzene rings is 2. The highest BCUT2D eigenvalue weighted by Gasteiger charge is 2.15. The molecule has 4 heterocycles. The Morgan fingerprint density at radius 1 is 0.939 bits per heavy atom. The van der Waals surface area contributed by atoms with E-state index >= 15 is 0 Å². The summed E-state index contributed by atoms with van der Waals surface area (Å²) >= 11 is 6.37. The predicted molar refractivity (Wildman–Crippen MR) is 136 cm³/mol. The summed E-state index contributed by atoms with van der Waals surface area (Å²) in [5.41, 5.74) is 3.34. The van der Waals surface area contributed by atoms with E-state index in [1.54, 1.807) is 11.3 Å². The zero-order valence-electron chi connectivity index (χ0n) is 16.9. The fourth-order valence-electron chi connectivity index (χ4n) is 3.51. The van der Waals surface area contributed by atoms with Crippen molar-refractivity contribution in [3.8, 4) is 27.6 Å². The number of hydrogen-bond donors (Lipinski definition) is 0. The maximum atomic E-state index is 13.1. The zero-order valence-corrected chi connectivity index (χ0v) is 20.1. The lowest BCUT2D eigenvalue weighted by atomic mass is 10.2. The molecule has 0 N–H and O–H groups in total. The second-order valence-electron chi connectivity index (χ2n) is 7.24. The lowest BCUT2D eigenvalue weighted by Gasteiger charge is -1.99. The van der Waals surface area contributed by atoms with Crippen molar-refractivity contribution in [3.63, 3.8) is 0 Å². The summed E-state index contributed by atoms with van der Waals surface area (Å²) in [4.78, 5) is 19.3. The van der Waals surface area contributed by atoms with Crippen LogP contribution in [0, 0.1) is 0 Å². The fourth-order valence-corrected chi connectivity index (χ4v) is 5.40. The second kappa shape index (κ2) is 8.18. The van der Waals surface area contributed by atoms with Gasteiger partial charge in [0.1, 0.15) is 5.69 Å². The van der Waals surface area contributed by atoms with Crippen LogP contribution in [0.2, 0.25) is 0 Å². The van der Waals surface area contributed by atoms with E-state index in [0.717, 1.165) is 31.9 Å². The van der Waals surface area contributed by atoms with Crippen molar-refractivity contribution >= 4 is 49.6 Å². The van der Waals surface area contributed by atoms with Crippen LogP contribution in [-0.2, 0) is 0 Å². The molecule has 0 saturated carbocycles. The minimum atomic E-state index is -0.185. The third-order valence-electron chi connectivity index (χ3n) is 5.09. The van der Waals surface area contributed by atoms with Crippen LogP contribution >= 0.6 is 38.6 Å². The molecule has 0 atom stereocenters. The third kappa shape index (κ3) is 3.74. The molecule has 0 spiro atoms. The summed E-state index contributed by atoms with van der Waals surface area (Å²) < 4.78 is 4.76. The average molecular weight is 532 g/mol. The Hall–Kier alpha value is -3.40. The van der Waals surface area contributed by atoms with Gasteiger partial charge in [-0.15, -0.1) is 16.4 Å². The number of fused-ring (bicyclic) bond motifs is 1. The quantitative estimate of drug-likeness (QED) is 0.319. The summed E-state index contributed by atoms with van der Waals surface area (Å²) in [6, 6.07) is 21.7. The van der Waals surface area contributed by atoms with Gasteiger partial charge in [0.15, 0.2) is 5.82 Å². The van der Waals surface area contributed by atoms with Crippen molar-refractivity contribution in [2.45, 2.75) is 0 Å².